The van der Waals surface area contributed by atoms with E-state index in [1.165, 1.54) is 0 Å². The largest absolute Gasteiger partial charge is 0.424 e. The summed E-state index contributed by atoms with van der Waals surface area (Å²) in [5.74, 6) is 1.72. The molecule has 1 aromatic heterocycles. The molecule has 132 valence electrons. The Labute approximate surface area is 146 Å². The van der Waals surface area contributed by atoms with Crippen molar-refractivity contribution in [2.45, 2.75) is 31.3 Å². The SMILES string of the molecule is O=C([C@H](NCc1nnc(C2CC2)o1)c1ccccc1)N1CCOCC1. The van der Waals surface area contributed by atoms with Gasteiger partial charge in [0, 0.05) is 19.0 Å². The Kier molecular flexibility index (Phi) is 4.76. The second-order valence-electron chi connectivity index (χ2n) is 6.47. The van der Waals surface area contributed by atoms with Crippen LogP contribution in [0.3, 0.4) is 0 Å². The molecule has 1 aliphatic carbocycles. The third-order valence-electron chi connectivity index (χ3n) is 4.57. The molecule has 1 saturated carbocycles. The molecule has 0 bridgehead atoms. The van der Waals surface area contributed by atoms with Gasteiger partial charge in [-0.15, -0.1) is 10.2 Å². The highest BCUT2D eigenvalue weighted by molar-refractivity contribution is 5.83. The third kappa shape index (κ3) is 3.88. The Morgan fingerprint density at radius 2 is 1.96 bits per heavy atom. The number of morpholine rings is 1. The quantitative estimate of drug-likeness (QED) is 0.859. The van der Waals surface area contributed by atoms with Crippen molar-refractivity contribution in [1.29, 1.82) is 0 Å². The molecule has 2 aromatic rings. The molecule has 25 heavy (non-hydrogen) atoms. The lowest BCUT2D eigenvalue weighted by Crippen LogP contribution is -2.46. The van der Waals surface area contributed by atoms with E-state index in [1.54, 1.807) is 0 Å². The Bertz CT molecular complexity index is 708. The number of aromatic nitrogens is 2. The average molecular weight is 342 g/mol. The van der Waals surface area contributed by atoms with E-state index < -0.39 is 6.04 Å². The molecule has 0 unspecified atom stereocenters. The number of carbonyl (C=O) groups is 1. The number of hydrogen-bond donors (Lipinski definition) is 1. The van der Waals surface area contributed by atoms with Crippen LogP contribution in [0.15, 0.2) is 34.7 Å². The molecule has 1 N–H and O–H groups in total. The summed E-state index contributed by atoms with van der Waals surface area (Å²) in [6.45, 7) is 2.78. The Balaban J connectivity index is 1.47. The van der Waals surface area contributed by atoms with Gasteiger partial charge >= 0.3 is 0 Å². The van der Waals surface area contributed by atoms with Gasteiger partial charge in [0.25, 0.3) is 0 Å². The number of nitrogens with one attached hydrogen (secondary N) is 1. The normalized spacial score (nSPS) is 19.0. The van der Waals surface area contributed by atoms with Gasteiger partial charge in [0.2, 0.25) is 17.7 Å². The van der Waals surface area contributed by atoms with Crippen LogP contribution in [0.5, 0.6) is 0 Å². The van der Waals surface area contributed by atoms with E-state index in [0.717, 1.165) is 18.4 Å². The summed E-state index contributed by atoms with van der Waals surface area (Å²) in [7, 11) is 0. The first-order valence-corrected chi connectivity index (χ1v) is 8.78. The average Bonchev–Trinajstić information content (AvgIpc) is 3.42. The first kappa shape index (κ1) is 16.2. The second-order valence-corrected chi connectivity index (χ2v) is 6.47. The van der Waals surface area contributed by atoms with E-state index in [2.05, 4.69) is 15.5 Å². The zero-order valence-electron chi connectivity index (χ0n) is 14.1. The van der Waals surface area contributed by atoms with Crippen molar-refractivity contribution < 1.29 is 13.9 Å². The van der Waals surface area contributed by atoms with Gasteiger partial charge in [0.1, 0.15) is 6.04 Å². The minimum Gasteiger partial charge on any atom is -0.424 e. The van der Waals surface area contributed by atoms with Crippen LogP contribution in [-0.2, 0) is 16.1 Å². The Morgan fingerprint density at radius 3 is 2.68 bits per heavy atom. The van der Waals surface area contributed by atoms with Gasteiger partial charge in [-0.05, 0) is 18.4 Å². The van der Waals surface area contributed by atoms with Crippen LogP contribution in [0, 0.1) is 0 Å². The summed E-state index contributed by atoms with van der Waals surface area (Å²) in [4.78, 5) is 14.8. The van der Waals surface area contributed by atoms with Crippen molar-refractivity contribution in [2.75, 3.05) is 26.3 Å². The lowest BCUT2D eigenvalue weighted by Gasteiger charge is -2.30. The first-order chi connectivity index (χ1) is 12.3. The molecule has 4 rings (SSSR count). The summed E-state index contributed by atoms with van der Waals surface area (Å²) in [5.41, 5.74) is 0.931. The maximum Gasteiger partial charge on any atom is 0.244 e. The van der Waals surface area contributed by atoms with Crippen LogP contribution in [0.25, 0.3) is 0 Å². The highest BCUT2D eigenvalue weighted by atomic mass is 16.5. The standard InChI is InChI=1S/C18H22N4O3/c23-18(22-8-10-24-11-9-22)16(13-4-2-1-3-5-13)19-12-15-20-21-17(25-15)14-6-7-14/h1-5,14,16,19H,6-12H2/t16-/m1/s1. The van der Waals surface area contributed by atoms with Gasteiger partial charge in [-0.25, -0.2) is 0 Å². The second kappa shape index (κ2) is 7.33. The predicted octanol–water partition coefficient (Wildman–Crippen LogP) is 1.64. The molecular weight excluding hydrogens is 320 g/mol. The maximum absolute atomic E-state index is 13.0. The van der Waals surface area contributed by atoms with E-state index in [9.17, 15) is 4.79 Å². The molecule has 0 spiro atoms. The molecule has 0 radical (unpaired) electrons. The number of amides is 1. The molecule has 1 amide bonds. The van der Waals surface area contributed by atoms with Gasteiger partial charge in [-0.3, -0.25) is 10.1 Å². The van der Waals surface area contributed by atoms with Crippen molar-refractivity contribution >= 4 is 5.91 Å². The number of rotatable bonds is 6. The molecule has 2 heterocycles. The van der Waals surface area contributed by atoms with Crippen molar-refractivity contribution in [1.82, 2.24) is 20.4 Å². The molecule has 7 nitrogen and oxygen atoms in total. The van der Waals surface area contributed by atoms with Crippen LogP contribution in [0.4, 0.5) is 0 Å². The summed E-state index contributed by atoms with van der Waals surface area (Å²) in [5, 5.41) is 11.5. The fourth-order valence-electron chi connectivity index (χ4n) is 2.98. The maximum atomic E-state index is 13.0. The summed E-state index contributed by atoms with van der Waals surface area (Å²) < 4.78 is 11.0. The lowest BCUT2D eigenvalue weighted by molar-refractivity contribution is -0.137. The fourth-order valence-corrected chi connectivity index (χ4v) is 2.98. The van der Waals surface area contributed by atoms with Crippen molar-refractivity contribution in [2.24, 2.45) is 0 Å². The molecular formula is C18H22N4O3. The smallest absolute Gasteiger partial charge is 0.244 e. The fraction of sp³-hybridized carbons (Fsp3) is 0.500. The van der Waals surface area contributed by atoms with E-state index in [-0.39, 0.29) is 5.91 Å². The third-order valence-corrected chi connectivity index (χ3v) is 4.57. The number of carbonyl (C=O) groups excluding carboxylic acids is 1. The number of nitrogens with zero attached hydrogens (tertiary/aromatic N) is 3. The highest BCUT2D eigenvalue weighted by Gasteiger charge is 2.30. The summed E-state index contributed by atoms with van der Waals surface area (Å²) in [6.07, 6.45) is 2.24. The zero-order valence-corrected chi connectivity index (χ0v) is 14.1. The van der Waals surface area contributed by atoms with Crippen molar-refractivity contribution in [3.05, 3.63) is 47.7 Å². The molecule has 7 heteroatoms. The topological polar surface area (TPSA) is 80.5 Å². The Morgan fingerprint density at radius 1 is 1.20 bits per heavy atom. The molecule has 1 saturated heterocycles. The molecule has 2 fully saturated rings. The monoisotopic (exact) mass is 342 g/mol. The van der Waals surface area contributed by atoms with Gasteiger partial charge in [-0.2, -0.15) is 0 Å². The molecule has 2 aliphatic rings. The van der Waals surface area contributed by atoms with E-state index >= 15 is 0 Å². The van der Waals surface area contributed by atoms with Crippen LogP contribution in [-0.4, -0.2) is 47.3 Å². The summed E-state index contributed by atoms with van der Waals surface area (Å²) in [6, 6.07) is 9.30. The number of hydrogen-bond acceptors (Lipinski definition) is 6. The Hall–Kier alpha value is -2.25. The summed E-state index contributed by atoms with van der Waals surface area (Å²) >= 11 is 0. The van der Waals surface area contributed by atoms with Crippen LogP contribution in [0.2, 0.25) is 0 Å². The molecule has 1 atom stereocenters. The molecule has 1 aliphatic heterocycles. The number of benzene rings is 1. The predicted molar refractivity (Wildman–Crippen MR) is 89.7 cm³/mol. The first-order valence-electron chi connectivity index (χ1n) is 8.78. The van der Waals surface area contributed by atoms with Crippen LogP contribution in [0.1, 0.15) is 42.1 Å². The van der Waals surface area contributed by atoms with Gasteiger partial charge in [-0.1, -0.05) is 30.3 Å². The van der Waals surface area contributed by atoms with Gasteiger partial charge < -0.3 is 14.1 Å². The van der Waals surface area contributed by atoms with Crippen molar-refractivity contribution in [3.8, 4) is 0 Å². The van der Waals surface area contributed by atoms with E-state index in [0.29, 0.717) is 50.5 Å². The highest BCUT2D eigenvalue weighted by Crippen LogP contribution is 2.39. The minimum atomic E-state index is -0.435. The van der Waals surface area contributed by atoms with Gasteiger partial charge in [0.05, 0.1) is 19.8 Å². The van der Waals surface area contributed by atoms with Gasteiger partial charge in [0.15, 0.2) is 0 Å². The van der Waals surface area contributed by atoms with E-state index in [4.69, 9.17) is 9.15 Å². The zero-order chi connectivity index (χ0) is 17.1. The number of ether oxygens (including phenoxy) is 1. The lowest BCUT2D eigenvalue weighted by atomic mass is 10.1. The van der Waals surface area contributed by atoms with Crippen LogP contribution >= 0.6 is 0 Å². The minimum absolute atomic E-state index is 0.0523. The van der Waals surface area contributed by atoms with Crippen LogP contribution < -0.4 is 5.32 Å². The molecule has 1 aromatic carbocycles. The van der Waals surface area contributed by atoms with E-state index in [1.807, 2.05) is 35.2 Å². The van der Waals surface area contributed by atoms with Crippen molar-refractivity contribution in [3.63, 3.8) is 0 Å².